The standard InChI is InChI=1S/C20H23NO3/c1-4-14-8-10-16(11-9-14)20(2,3)19(24)21-17-7-5-6-15(12-17)13-18(22)23/h5-12H,4,13H2,1-3H3,(H,21,24)(H,22,23). The van der Waals surface area contributed by atoms with E-state index >= 15 is 0 Å². The van der Waals surface area contributed by atoms with Crippen molar-refractivity contribution in [3.8, 4) is 0 Å². The van der Waals surface area contributed by atoms with Crippen LogP contribution in [0.1, 0.15) is 37.5 Å². The lowest BCUT2D eigenvalue weighted by atomic mass is 9.83. The van der Waals surface area contributed by atoms with Crippen LogP contribution in [0.2, 0.25) is 0 Å². The molecule has 0 saturated carbocycles. The third-order valence-electron chi connectivity index (χ3n) is 4.19. The van der Waals surface area contributed by atoms with Crippen LogP contribution in [-0.2, 0) is 27.8 Å². The number of anilines is 1. The highest BCUT2D eigenvalue weighted by molar-refractivity contribution is 5.98. The Bertz CT molecular complexity index is 733. The largest absolute Gasteiger partial charge is 0.481 e. The van der Waals surface area contributed by atoms with Gasteiger partial charge in [0.25, 0.3) is 0 Å². The number of aryl methyl sites for hydroxylation is 1. The van der Waals surface area contributed by atoms with Crippen LogP contribution >= 0.6 is 0 Å². The maximum atomic E-state index is 12.7. The average molecular weight is 325 g/mol. The highest BCUT2D eigenvalue weighted by Crippen LogP contribution is 2.26. The van der Waals surface area contributed by atoms with E-state index in [9.17, 15) is 9.59 Å². The van der Waals surface area contributed by atoms with Gasteiger partial charge in [0.1, 0.15) is 0 Å². The lowest BCUT2D eigenvalue weighted by Gasteiger charge is -2.24. The molecule has 0 unspecified atom stereocenters. The molecule has 0 radical (unpaired) electrons. The molecule has 0 aromatic heterocycles. The highest BCUT2D eigenvalue weighted by atomic mass is 16.4. The number of hydrogen-bond acceptors (Lipinski definition) is 2. The zero-order valence-electron chi connectivity index (χ0n) is 14.3. The summed E-state index contributed by atoms with van der Waals surface area (Å²) in [5.74, 6) is -1.02. The molecule has 0 aliphatic heterocycles. The van der Waals surface area contributed by atoms with E-state index in [2.05, 4.69) is 12.2 Å². The van der Waals surface area contributed by atoms with Crippen LogP contribution in [0, 0.1) is 0 Å². The first kappa shape index (κ1) is 17.7. The van der Waals surface area contributed by atoms with Crippen LogP contribution in [0.5, 0.6) is 0 Å². The molecule has 2 aromatic rings. The summed E-state index contributed by atoms with van der Waals surface area (Å²) in [5, 5.41) is 11.8. The smallest absolute Gasteiger partial charge is 0.307 e. The van der Waals surface area contributed by atoms with Crippen LogP contribution in [0.4, 0.5) is 5.69 Å². The molecule has 2 rings (SSSR count). The van der Waals surface area contributed by atoms with Crippen LogP contribution in [-0.4, -0.2) is 17.0 Å². The van der Waals surface area contributed by atoms with Gasteiger partial charge in [-0.2, -0.15) is 0 Å². The van der Waals surface area contributed by atoms with Gasteiger partial charge < -0.3 is 10.4 Å². The Morgan fingerprint density at radius 1 is 1.04 bits per heavy atom. The molecule has 0 spiro atoms. The van der Waals surface area contributed by atoms with Gasteiger partial charge in [-0.15, -0.1) is 0 Å². The third-order valence-corrected chi connectivity index (χ3v) is 4.19. The lowest BCUT2D eigenvalue weighted by Crippen LogP contribution is -2.34. The maximum Gasteiger partial charge on any atom is 0.307 e. The summed E-state index contributed by atoms with van der Waals surface area (Å²) in [6.07, 6.45) is 0.898. The van der Waals surface area contributed by atoms with E-state index in [0.717, 1.165) is 12.0 Å². The minimum absolute atomic E-state index is 0.0639. The normalized spacial score (nSPS) is 11.1. The first-order chi connectivity index (χ1) is 11.3. The Labute approximate surface area is 142 Å². The Morgan fingerprint density at radius 2 is 1.71 bits per heavy atom. The van der Waals surface area contributed by atoms with E-state index in [0.29, 0.717) is 11.3 Å². The summed E-state index contributed by atoms with van der Waals surface area (Å²) in [5.41, 5.74) is 2.76. The molecule has 2 N–H and O–H groups in total. The monoisotopic (exact) mass is 325 g/mol. The third kappa shape index (κ3) is 4.22. The Morgan fingerprint density at radius 3 is 2.29 bits per heavy atom. The minimum Gasteiger partial charge on any atom is -0.481 e. The summed E-state index contributed by atoms with van der Waals surface area (Å²) in [7, 11) is 0. The second-order valence-corrected chi connectivity index (χ2v) is 6.40. The number of carboxylic acids is 1. The second-order valence-electron chi connectivity index (χ2n) is 6.40. The molecule has 0 fully saturated rings. The van der Waals surface area contributed by atoms with Crippen molar-refractivity contribution in [3.63, 3.8) is 0 Å². The van der Waals surface area contributed by atoms with E-state index in [1.165, 1.54) is 5.56 Å². The van der Waals surface area contributed by atoms with Crippen molar-refractivity contribution in [1.82, 2.24) is 0 Å². The number of carbonyl (C=O) groups is 2. The molecule has 4 heteroatoms. The van der Waals surface area contributed by atoms with Gasteiger partial charge in [-0.1, -0.05) is 43.3 Å². The summed E-state index contributed by atoms with van der Waals surface area (Å²) < 4.78 is 0. The summed E-state index contributed by atoms with van der Waals surface area (Å²) in [6.45, 7) is 5.85. The van der Waals surface area contributed by atoms with Crippen LogP contribution in [0.15, 0.2) is 48.5 Å². The predicted octanol–water partition coefficient (Wildman–Crippen LogP) is 3.79. The van der Waals surface area contributed by atoms with E-state index in [4.69, 9.17) is 5.11 Å². The zero-order valence-corrected chi connectivity index (χ0v) is 14.3. The topological polar surface area (TPSA) is 66.4 Å². The van der Waals surface area contributed by atoms with Crippen molar-refractivity contribution >= 4 is 17.6 Å². The molecule has 0 atom stereocenters. The van der Waals surface area contributed by atoms with E-state index in [1.807, 2.05) is 38.1 Å². The number of aliphatic carboxylic acids is 1. The molecule has 126 valence electrons. The zero-order chi connectivity index (χ0) is 17.7. The van der Waals surface area contributed by atoms with Gasteiger partial charge in [-0.05, 0) is 49.1 Å². The van der Waals surface area contributed by atoms with Crippen molar-refractivity contribution in [1.29, 1.82) is 0 Å². The molecule has 0 aliphatic rings. The minimum atomic E-state index is -0.894. The van der Waals surface area contributed by atoms with Crippen molar-refractivity contribution in [2.45, 2.75) is 39.0 Å². The van der Waals surface area contributed by atoms with E-state index < -0.39 is 11.4 Å². The van der Waals surface area contributed by atoms with Crippen LogP contribution < -0.4 is 5.32 Å². The molecule has 4 nitrogen and oxygen atoms in total. The molecule has 0 bridgehead atoms. The Hall–Kier alpha value is -2.62. The number of hydrogen-bond donors (Lipinski definition) is 2. The quantitative estimate of drug-likeness (QED) is 0.849. The number of carboxylic acid groups (broad SMARTS) is 1. The molecule has 1 amide bonds. The lowest BCUT2D eigenvalue weighted by molar-refractivity contribution is -0.136. The van der Waals surface area contributed by atoms with Crippen molar-refractivity contribution < 1.29 is 14.7 Å². The van der Waals surface area contributed by atoms with Gasteiger partial charge in [0.05, 0.1) is 11.8 Å². The first-order valence-electron chi connectivity index (χ1n) is 8.04. The SMILES string of the molecule is CCc1ccc(C(C)(C)C(=O)Nc2cccc(CC(=O)O)c2)cc1. The number of nitrogens with one attached hydrogen (secondary N) is 1. The average Bonchev–Trinajstić information content (AvgIpc) is 2.54. The summed E-state index contributed by atoms with van der Waals surface area (Å²) in [4.78, 5) is 23.5. The summed E-state index contributed by atoms with van der Waals surface area (Å²) >= 11 is 0. The van der Waals surface area contributed by atoms with Crippen molar-refractivity contribution in [3.05, 3.63) is 65.2 Å². The van der Waals surface area contributed by atoms with Crippen molar-refractivity contribution in [2.75, 3.05) is 5.32 Å². The number of carbonyl (C=O) groups excluding carboxylic acids is 1. The maximum absolute atomic E-state index is 12.7. The summed E-state index contributed by atoms with van der Waals surface area (Å²) in [6, 6.07) is 15.0. The van der Waals surface area contributed by atoms with E-state index in [-0.39, 0.29) is 12.3 Å². The number of rotatable bonds is 6. The first-order valence-corrected chi connectivity index (χ1v) is 8.04. The van der Waals surface area contributed by atoms with Gasteiger partial charge >= 0.3 is 5.97 Å². The van der Waals surface area contributed by atoms with Gasteiger partial charge in [0.2, 0.25) is 5.91 Å². The molecular formula is C20H23NO3. The Kier molecular flexibility index (Phi) is 5.39. The number of amides is 1. The van der Waals surface area contributed by atoms with Crippen molar-refractivity contribution in [2.24, 2.45) is 0 Å². The van der Waals surface area contributed by atoms with Gasteiger partial charge in [-0.3, -0.25) is 9.59 Å². The Balaban J connectivity index is 2.16. The van der Waals surface area contributed by atoms with Crippen LogP contribution in [0.25, 0.3) is 0 Å². The predicted molar refractivity (Wildman–Crippen MR) is 95.3 cm³/mol. The molecule has 0 heterocycles. The molecule has 0 aliphatic carbocycles. The fourth-order valence-electron chi connectivity index (χ4n) is 2.51. The van der Waals surface area contributed by atoms with Gasteiger partial charge in [-0.25, -0.2) is 0 Å². The number of benzene rings is 2. The van der Waals surface area contributed by atoms with Gasteiger partial charge in [0, 0.05) is 5.69 Å². The van der Waals surface area contributed by atoms with Crippen LogP contribution in [0.3, 0.4) is 0 Å². The molecular weight excluding hydrogens is 302 g/mol. The van der Waals surface area contributed by atoms with E-state index in [1.54, 1.807) is 24.3 Å². The molecule has 0 saturated heterocycles. The molecule has 24 heavy (non-hydrogen) atoms. The second kappa shape index (κ2) is 7.30. The fourth-order valence-corrected chi connectivity index (χ4v) is 2.51. The fraction of sp³-hybridized carbons (Fsp3) is 0.300. The molecule has 2 aromatic carbocycles. The highest BCUT2D eigenvalue weighted by Gasteiger charge is 2.29. The van der Waals surface area contributed by atoms with Gasteiger partial charge in [0.15, 0.2) is 0 Å².